The van der Waals surface area contributed by atoms with Crippen molar-refractivity contribution in [1.29, 1.82) is 0 Å². The highest BCUT2D eigenvalue weighted by atomic mass is 16.2. The summed E-state index contributed by atoms with van der Waals surface area (Å²) in [5.74, 6) is 6.39. The van der Waals surface area contributed by atoms with Crippen LogP contribution in [0.2, 0.25) is 0 Å². The lowest BCUT2D eigenvalue weighted by atomic mass is 9.98. The average molecular weight is 275 g/mol. The van der Waals surface area contributed by atoms with E-state index in [1.165, 1.54) is 12.8 Å². The number of nitrogens with one attached hydrogen (secondary N) is 1. The van der Waals surface area contributed by atoms with Gasteiger partial charge in [0.15, 0.2) is 0 Å². The number of nitrogens with two attached hydrogens (primary N) is 1. The fraction of sp³-hybridized carbons (Fsp3) is 0.562. The first kappa shape index (κ1) is 14.9. The lowest BCUT2D eigenvalue weighted by molar-refractivity contribution is 0.0761. The van der Waals surface area contributed by atoms with Crippen molar-refractivity contribution in [3.63, 3.8) is 0 Å². The summed E-state index contributed by atoms with van der Waals surface area (Å²) >= 11 is 0. The molecule has 0 spiro atoms. The van der Waals surface area contributed by atoms with Crippen LogP contribution in [-0.2, 0) is 0 Å². The summed E-state index contributed by atoms with van der Waals surface area (Å²) in [5, 5.41) is 0. The third-order valence-corrected chi connectivity index (χ3v) is 4.27. The van der Waals surface area contributed by atoms with E-state index in [0.717, 1.165) is 37.4 Å². The van der Waals surface area contributed by atoms with Gasteiger partial charge in [-0.2, -0.15) is 0 Å². The number of likely N-dealkylation sites (tertiary alicyclic amines) is 1. The van der Waals surface area contributed by atoms with Gasteiger partial charge in [0.25, 0.3) is 5.91 Å². The Labute approximate surface area is 121 Å². The van der Waals surface area contributed by atoms with Crippen molar-refractivity contribution in [3.05, 3.63) is 29.3 Å². The molecule has 1 amide bonds. The minimum Gasteiger partial charge on any atom is -0.339 e. The Morgan fingerprint density at radius 2 is 2.20 bits per heavy atom. The second kappa shape index (κ2) is 6.75. The van der Waals surface area contributed by atoms with E-state index >= 15 is 0 Å². The van der Waals surface area contributed by atoms with Crippen molar-refractivity contribution in [3.8, 4) is 0 Å². The summed E-state index contributed by atoms with van der Waals surface area (Å²) < 4.78 is 0. The van der Waals surface area contributed by atoms with Crippen molar-refractivity contribution in [2.45, 2.75) is 39.5 Å². The number of carbonyl (C=O) groups excluding carboxylic acids is 1. The van der Waals surface area contributed by atoms with Gasteiger partial charge < -0.3 is 10.3 Å². The van der Waals surface area contributed by atoms with E-state index in [1.807, 2.05) is 30.0 Å². The van der Waals surface area contributed by atoms with Crippen LogP contribution in [0, 0.1) is 12.8 Å². The highest BCUT2D eigenvalue weighted by molar-refractivity contribution is 5.99. The van der Waals surface area contributed by atoms with E-state index in [0.29, 0.717) is 11.3 Å². The van der Waals surface area contributed by atoms with Gasteiger partial charge in [-0.25, -0.2) is 0 Å². The van der Waals surface area contributed by atoms with Crippen molar-refractivity contribution >= 4 is 11.6 Å². The Bertz CT molecular complexity index is 473. The highest BCUT2D eigenvalue weighted by Crippen LogP contribution is 2.24. The number of aryl methyl sites for hydroxylation is 1. The molecule has 0 radical (unpaired) electrons. The second-order valence-electron chi connectivity index (χ2n) is 5.69. The summed E-state index contributed by atoms with van der Waals surface area (Å²) in [5.41, 5.74) is 5.13. The molecule has 1 aliphatic rings. The number of hydrogen-bond donors (Lipinski definition) is 2. The number of carbonyl (C=O) groups is 1. The van der Waals surface area contributed by atoms with E-state index in [-0.39, 0.29) is 5.91 Å². The zero-order valence-corrected chi connectivity index (χ0v) is 12.5. The van der Waals surface area contributed by atoms with E-state index in [4.69, 9.17) is 5.84 Å². The first-order valence-corrected chi connectivity index (χ1v) is 7.52. The number of amides is 1. The maximum absolute atomic E-state index is 12.7. The topological polar surface area (TPSA) is 58.4 Å². The molecule has 1 aliphatic heterocycles. The maximum Gasteiger partial charge on any atom is 0.256 e. The summed E-state index contributed by atoms with van der Waals surface area (Å²) in [6, 6.07) is 5.75. The van der Waals surface area contributed by atoms with Gasteiger partial charge in [0, 0.05) is 13.1 Å². The third-order valence-electron chi connectivity index (χ3n) is 4.27. The monoisotopic (exact) mass is 275 g/mol. The van der Waals surface area contributed by atoms with Crippen LogP contribution in [0.4, 0.5) is 5.69 Å². The fourth-order valence-corrected chi connectivity index (χ4v) is 2.91. The van der Waals surface area contributed by atoms with E-state index < -0.39 is 0 Å². The molecule has 1 saturated heterocycles. The normalized spacial score (nSPS) is 19.6. The zero-order valence-electron chi connectivity index (χ0n) is 12.5. The minimum absolute atomic E-state index is 0.0923. The molecular formula is C16H25N3O. The lowest BCUT2D eigenvalue weighted by Crippen LogP contribution is -2.32. The van der Waals surface area contributed by atoms with Gasteiger partial charge in [-0.15, -0.1) is 0 Å². The summed E-state index contributed by atoms with van der Waals surface area (Å²) in [6.45, 7) is 5.94. The molecule has 3 N–H and O–H groups in total. The second-order valence-corrected chi connectivity index (χ2v) is 5.69. The number of hydrogen-bond acceptors (Lipinski definition) is 3. The maximum atomic E-state index is 12.7. The quantitative estimate of drug-likeness (QED) is 0.658. The first-order chi connectivity index (χ1) is 9.65. The van der Waals surface area contributed by atoms with Gasteiger partial charge in [0.05, 0.1) is 11.3 Å². The van der Waals surface area contributed by atoms with Gasteiger partial charge in [-0.3, -0.25) is 10.6 Å². The molecule has 1 atom stereocenters. The molecular weight excluding hydrogens is 250 g/mol. The number of nitrogen functional groups attached to an aromatic ring is 1. The SMILES string of the molecule is CCC1CCCN(C(=O)c2ccc(C)cc2NN)CC1. The van der Waals surface area contributed by atoms with Crippen LogP contribution in [0.1, 0.15) is 48.5 Å². The highest BCUT2D eigenvalue weighted by Gasteiger charge is 2.22. The number of nitrogens with zero attached hydrogens (tertiary/aromatic N) is 1. The fourth-order valence-electron chi connectivity index (χ4n) is 2.91. The summed E-state index contributed by atoms with van der Waals surface area (Å²) in [4.78, 5) is 14.6. The van der Waals surface area contributed by atoms with Crippen LogP contribution in [0.3, 0.4) is 0 Å². The van der Waals surface area contributed by atoms with Crippen LogP contribution in [0.5, 0.6) is 0 Å². The number of rotatable bonds is 3. The molecule has 0 bridgehead atoms. The first-order valence-electron chi connectivity index (χ1n) is 7.52. The van der Waals surface area contributed by atoms with Gasteiger partial charge in [-0.1, -0.05) is 19.4 Å². The molecule has 1 heterocycles. The zero-order chi connectivity index (χ0) is 14.5. The van der Waals surface area contributed by atoms with Crippen LogP contribution in [-0.4, -0.2) is 23.9 Å². The molecule has 20 heavy (non-hydrogen) atoms. The number of anilines is 1. The minimum atomic E-state index is 0.0923. The Kier molecular flexibility index (Phi) is 5.01. The van der Waals surface area contributed by atoms with Crippen LogP contribution in [0.15, 0.2) is 18.2 Å². The third kappa shape index (κ3) is 3.31. The molecule has 0 saturated carbocycles. The standard InChI is InChI=1S/C16H25N3O/c1-3-13-5-4-9-19(10-8-13)16(20)14-7-6-12(2)11-15(14)18-17/h6-7,11,13,18H,3-5,8-10,17H2,1-2H3. The Balaban J connectivity index is 2.14. The van der Waals surface area contributed by atoms with E-state index in [9.17, 15) is 4.79 Å². The Hall–Kier alpha value is -1.55. The van der Waals surface area contributed by atoms with Crippen LogP contribution in [0.25, 0.3) is 0 Å². The van der Waals surface area contributed by atoms with Gasteiger partial charge in [0.1, 0.15) is 0 Å². The molecule has 2 rings (SSSR count). The molecule has 1 aromatic rings. The molecule has 1 unspecified atom stereocenters. The predicted molar refractivity (Wildman–Crippen MR) is 82.5 cm³/mol. The van der Waals surface area contributed by atoms with E-state index in [2.05, 4.69) is 12.3 Å². The summed E-state index contributed by atoms with van der Waals surface area (Å²) in [6.07, 6.45) is 4.65. The summed E-state index contributed by atoms with van der Waals surface area (Å²) in [7, 11) is 0. The van der Waals surface area contributed by atoms with E-state index in [1.54, 1.807) is 0 Å². The van der Waals surface area contributed by atoms with Crippen molar-refractivity contribution < 1.29 is 4.79 Å². The number of benzene rings is 1. The van der Waals surface area contributed by atoms with Crippen molar-refractivity contribution in [1.82, 2.24) is 4.90 Å². The predicted octanol–water partition coefficient (Wildman–Crippen LogP) is 2.93. The average Bonchev–Trinajstić information content (AvgIpc) is 2.71. The molecule has 4 nitrogen and oxygen atoms in total. The smallest absolute Gasteiger partial charge is 0.256 e. The molecule has 4 heteroatoms. The van der Waals surface area contributed by atoms with Crippen LogP contribution >= 0.6 is 0 Å². The molecule has 0 aromatic heterocycles. The molecule has 0 aliphatic carbocycles. The molecule has 1 fully saturated rings. The lowest BCUT2D eigenvalue weighted by Gasteiger charge is -2.22. The van der Waals surface area contributed by atoms with Crippen LogP contribution < -0.4 is 11.3 Å². The largest absolute Gasteiger partial charge is 0.339 e. The van der Waals surface area contributed by atoms with Crippen molar-refractivity contribution in [2.24, 2.45) is 11.8 Å². The van der Waals surface area contributed by atoms with Gasteiger partial charge >= 0.3 is 0 Å². The van der Waals surface area contributed by atoms with Gasteiger partial charge in [-0.05, 0) is 49.8 Å². The Morgan fingerprint density at radius 1 is 1.40 bits per heavy atom. The molecule has 1 aromatic carbocycles. The number of hydrazine groups is 1. The van der Waals surface area contributed by atoms with Gasteiger partial charge in [0.2, 0.25) is 0 Å². The van der Waals surface area contributed by atoms with Crippen molar-refractivity contribution in [2.75, 3.05) is 18.5 Å². The Morgan fingerprint density at radius 3 is 2.90 bits per heavy atom. The molecule has 110 valence electrons.